The molecule has 1 fully saturated rings. The van der Waals surface area contributed by atoms with Gasteiger partial charge in [0.1, 0.15) is 11.6 Å². The Hall–Kier alpha value is -2.20. The van der Waals surface area contributed by atoms with Crippen LogP contribution in [0.1, 0.15) is 40.5 Å². The Kier molecular flexibility index (Phi) is 5.40. The quantitative estimate of drug-likeness (QED) is 0.782. The summed E-state index contributed by atoms with van der Waals surface area (Å²) in [6.07, 6.45) is 1.39. The number of nitrogens with zero attached hydrogens (tertiary/aromatic N) is 1. The Morgan fingerprint density at radius 3 is 2.46 bits per heavy atom. The SMILES string of the molecule is CCOc1cc(C(=O)O)c(F)cc1C(=O)NS(=O)(=O)N1CCCC1. The third-order valence-corrected chi connectivity index (χ3v) is 4.96. The maximum Gasteiger partial charge on any atom is 0.338 e. The van der Waals surface area contributed by atoms with Gasteiger partial charge in [0.2, 0.25) is 0 Å². The van der Waals surface area contributed by atoms with E-state index < -0.39 is 33.5 Å². The Labute approximate surface area is 138 Å². The molecule has 0 saturated carbocycles. The zero-order valence-electron chi connectivity index (χ0n) is 12.9. The predicted octanol–water partition coefficient (Wildman–Crippen LogP) is 0.993. The van der Waals surface area contributed by atoms with Crippen LogP contribution in [-0.2, 0) is 10.2 Å². The minimum absolute atomic E-state index is 0.0871. The van der Waals surface area contributed by atoms with E-state index in [0.717, 1.165) is 10.4 Å². The standard InChI is InChI=1S/C14H17FN2O6S/c1-2-23-12-8-9(14(19)20)11(15)7-10(12)13(18)16-24(21,22)17-5-3-4-6-17/h7-8H,2-6H2,1H3,(H,16,18)(H,19,20). The van der Waals surface area contributed by atoms with Crippen LogP contribution in [0.25, 0.3) is 0 Å². The van der Waals surface area contributed by atoms with Crippen molar-refractivity contribution in [1.29, 1.82) is 0 Å². The molecule has 1 aliphatic rings. The largest absolute Gasteiger partial charge is 0.493 e. The van der Waals surface area contributed by atoms with Gasteiger partial charge in [-0.25, -0.2) is 13.9 Å². The van der Waals surface area contributed by atoms with Crippen molar-refractivity contribution in [1.82, 2.24) is 9.03 Å². The highest BCUT2D eigenvalue weighted by Crippen LogP contribution is 2.24. The van der Waals surface area contributed by atoms with Crippen LogP contribution in [0.15, 0.2) is 12.1 Å². The number of carbonyl (C=O) groups is 2. The first kappa shape index (κ1) is 18.1. The van der Waals surface area contributed by atoms with E-state index in [0.29, 0.717) is 32.0 Å². The number of carbonyl (C=O) groups excluding carboxylic acids is 1. The fraction of sp³-hybridized carbons (Fsp3) is 0.429. The molecule has 1 saturated heterocycles. The first-order valence-corrected chi connectivity index (χ1v) is 8.72. The zero-order valence-corrected chi connectivity index (χ0v) is 13.7. The van der Waals surface area contributed by atoms with Crippen molar-refractivity contribution in [3.63, 3.8) is 0 Å². The molecular weight excluding hydrogens is 343 g/mol. The van der Waals surface area contributed by atoms with Gasteiger partial charge in [0, 0.05) is 13.1 Å². The van der Waals surface area contributed by atoms with Crippen molar-refractivity contribution in [3.8, 4) is 5.75 Å². The molecule has 1 aromatic carbocycles. The molecule has 0 spiro atoms. The average Bonchev–Trinajstić information content (AvgIpc) is 3.03. The second-order valence-corrected chi connectivity index (χ2v) is 6.78. The molecular formula is C14H17FN2O6S. The fourth-order valence-electron chi connectivity index (χ4n) is 2.33. The summed E-state index contributed by atoms with van der Waals surface area (Å²) in [5.74, 6) is -3.97. The first-order chi connectivity index (χ1) is 11.3. The Morgan fingerprint density at radius 1 is 1.29 bits per heavy atom. The van der Waals surface area contributed by atoms with E-state index in [4.69, 9.17) is 9.84 Å². The van der Waals surface area contributed by atoms with Crippen LogP contribution >= 0.6 is 0 Å². The lowest BCUT2D eigenvalue weighted by Crippen LogP contribution is -2.42. The number of carboxylic acids is 1. The van der Waals surface area contributed by atoms with Crippen LogP contribution < -0.4 is 9.46 Å². The van der Waals surface area contributed by atoms with Gasteiger partial charge in [0.25, 0.3) is 5.91 Å². The highest BCUT2D eigenvalue weighted by atomic mass is 32.2. The topological polar surface area (TPSA) is 113 Å². The summed E-state index contributed by atoms with van der Waals surface area (Å²) in [5.41, 5.74) is -1.06. The molecule has 1 amide bonds. The molecule has 10 heteroatoms. The summed E-state index contributed by atoms with van der Waals surface area (Å²) in [7, 11) is -4.04. The maximum atomic E-state index is 13.8. The van der Waals surface area contributed by atoms with E-state index in [1.54, 1.807) is 6.92 Å². The molecule has 24 heavy (non-hydrogen) atoms. The number of carboxylic acid groups (broad SMARTS) is 1. The highest BCUT2D eigenvalue weighted by Gasteiger charge is 2.29. The van der Waals surface area contributed by atoms with Crippen LogP contribution in [0.2, 0.25) is 0 Å². The van der Waals surface area contributed by atoms with Gasteiger partial charge in [-0.2, -0.15) is 12.7 Å². The van der Waals surface area contributed by atoms with E-state index in [1.165, 1.54) is 0 Å². The third-order valence-electron chi connectivity index (χ3n) is 3.47. The van der Waals surface area contributed by atoms with Crippen molar-refractivity contribution in [2.45, 2.75) is 19.8 Å². The van der Waals surface area contributed by atoms with Crippen molar-refractivity contribution >= 4 is 22.1 Å². The summed E-state index contributed by atoms with van der Waals surface area (Å²) in [6.45, 7) is 2.27. The molecule has 0 aliphatic carbocycles. The lowest BCUT2D eigenvalue weighted by Gasteiger charge is -2.17. The normalized spacial score (nSPS) is 15.2. The Balaban J connectivity index is 2.34. The van der Waals surface area contributed by atoms with E-state index in [2.05, 4.69) is 0 Å². The molecule has 132 valence electrons. The summed E-state index contributed by atoms with van der Waals surface area (Å²) >= 11 is 0. The second kappa shape index (κ2) is 7.14. The number of nitrogens with one attached hydrogen (secondary N) is 1. The first-order valence-electron chi connectivity index (χ1n) is 7.28. The number of ether oxygens (including phenoxy) is 1. The monoisotopic (exact) mass is 360 g/mol. The molecule has 2 rings (SSSR count). The third kappa shape index (κ3) is 3.82. The highest BCUT2D eigenvalue weighted by molar-refractivity contribution is 7.87. The van der Waals surface area contributed by atoms with Crippen molar-refractivity contribution in [3.05, 3.63) is 29.1 Å². The molecule has 1 aromatic rings. The van der Waals surface area contributed by atoms with Crippen LogP contribution in [0.3, 0.4) is 0 Å². The minimum atomic E-state index is -4.04. The molecule has 0 unspecified atom stereocenters. The molecule has 0 radical (unpaired) electrons. The Morgan fingerprint density at radius 2 is 1.92 bits per heavy atom. The smallest absolute Gasteiger partial charge is 0.338 e. The lowest BCUT2D eigenvalue weighted by molar-refractivity contribution is 0.0690. The van der Waals surface area contributed by atoms with Crippen LogP contribution in [0.4, 0.5) is 4.39 Å². The summed E-state index contributed by atoms with van der Waals surface area (Å²) in [6, 6.07) is 1.52. The van der Waals surface area contributed by atoms with Gasteiger partial charge in [-0.15, -0.1) is 0 Å². The van der Waals surface area contributed by atoms with Gasteiger partial charge in [0.15, 0.2) is 0 Å². The number of rotatable bonds is 6. The van der Waals surface area contributed by atoms with E-state index >= 15 is 0 Å². The predicted molar refractivity (Wildman–Crippen MR) is 81.7 cm³/mol. The number of hydrogen-bond acceptors (Lipinski definition) is 5. The fourth-order valence-corrected chi connectivity index (χ4v) is 3.55. The van der Waals surface area contributed by atoms with E-state index in [1.807, 2.05) is 4.72 Å². The van der Waals surface area contributed by atoms with Gasteiger partial charge in [-0.3, -0.25) is 4.79 Å². The molecule has 0 aromatic heterocycles. The van der Waals surface area contributed by atoms with Crippen molar-refractivity contribution < 1.29 is 32.2 Å². The van der Waals surface area contributed by atoms with Crippen LogP contribution in [0, 0.1) is 5.82 Å². The molecule has 0 bridgehead atoms. The van der Waals surface area contributed by atoms with Crippen LogP contribution in [-0.4, -0.2) is 49.4 Å². The summed E-state index contributed by atoms with van der Waals surface area (Å²) < 4.78 is 46.2. The number of benzene rings is 1. The Bertz CT molecular complexity index is 759. The van der Waals surface area contributed by atoms with E-state index in [9.17, 15) is 22.4 Å². The van der Waals surface area contributed by atoms with Crippen LogP contribution in [0.5, 0.6) is 5.75 Å². The van der Waals surface area contributed by atoms with Crippen molar-refractivity contribution in [2.75, 3.05) is 19.7 Å². The van der Waals surface area contributed by atoms with Gasteiger partial charge in [-0.05, 0) is 31.9 Å². The molecule has 1 aliphatic heterocycles. The summed E-state index contributed by atoms with van der Waals surface area (Å²) in [5, 5.41) is 8.92. The second-order valence-electron chi connectivity index (χ2n) is 5.11. The summed E-state index contributed by atoms with van der Waals surface area (Å²) in [4.78, 5) is 23.2. The molecule has 2 N–H and O–H groups in total. The van der Waals surface area contributed by atoms with Gasteiger partial charge in [0.05, 0.1) is 17.7 Å². The van der Waals surface area contributed by atoms with Gasteiger partial charge < -0.3 is 9.84 Å². The number of halogens is 1. The molecule has 8 nitrogen and oxygen atoms in total. The molecule has 0 atom stereocenters. The van der Waals surface area contributed by atoms with Gasteiger partial charge in [-0.1, -0.05) is 0 Å². The maximum absolute atomic E-state index is 13.8. The zero-order chi connectivity index (χ0) is 17.9. The molecule has 1 heterocycles. The number of aromatic carboxylic acids is 1. The van der Waals surface area contributed by atoms with Gasteiger partial charge >= 0.3 is 16.2 Å². The lowest BCUT2D eigenvalue weighted by atomic mass is 10.1. The van der Waals surface area contributed by atoms with E-state index in [-0.39, 0.29) is 17.9 Å². The average molecular weight is 360 g/mol. The minimum Gasteiger partial charge on any atom is -0.493 e. The van der Waals surface area contributed by atoms with Crippen molar-refractivity contribution in [2.24, 2.45) is 0 Å². The number of amides is 1. The number of hydrogen-bond donors (Lipinski definition) is 2.